The summed E-state index contributed by atoms with van der Waals surface area (Å²) in [6, 6.07) is 3.18. The molecule has 0 radical (unpaired) electrons. The second-order valence-corrected chi connectivity index (χ2v) is 7.24. The number of nitrogens with two attached hydrogens (primary N) is 1. The first kappa shape index (κ1) is 15.9. The Bertz CT molecular complexity index is 660. The molecular formula is C14H19FN2O3S. The number of nitrogens with zero attached hydrogens (tertiary/aromatic N) is 1. The van der Waals surface area contributed by atoms with Crippen molar-refractivity contribution in [1.29, 1.82) is 0 Å². The summed E-state index contributed by atoms with van der Waals surface area (Å²) < 4.78 is 36.4. The summed E-state index contributed by atoms with van der Waals surface area (Å²) in [6.07, 6.45) is 1.92. The van der Waals surface area contributed by atoms with Crippen molar-refractivity contribution in [2.45, 2.75) is 37.6 Å². The molecule has 2 N–H and O–H groups in total. The van der Waals surface area contributed by atoms with Crippen LogP contribution in [0.4, 0.5) is 4.39 Å². The molecule has 1 amide bonds. The lowest BCUT2D eigenvalue weighted by molar-refractivity contribution is 0.0569. The summed E-state index contributed by atoms with van der Waals surface area (Å²) in [5.74, 6) is -0.902. The summed E-state index contributed by atoms with van der Waals surface area (Å²) in [7, 11) is -3.98. The molecule has 1 heterocycles. The van der Waals surface area contributed by atoms with Crippen LogP contribution >= 0.6 is 0 Å². The van der Waals surface area contributed by atoms with Crippen molar-refractivity contribution in [2.24, 2.45) is 11.1 Å². The van der Waals surface area contributed by atoms with Gasteiger partial charge in [-0.2, -0.15) is 0 Å². The van der Waals surface area contributed by atoms with Crippen molar-refractivity contribution in [3.63, 3.8) is 0 Å². The molecule has 0 aromatic heterocycles. The molecule has 1 aromatic carbocycles. The third kappa shape index (κ3) is 3.41. The third-order valence-corrected chi connectivity index (χ3v) is 4.79. The Labute approximate surface area is 124 Å². The van der Waals surface area contributed by atoms with Gasteiger partial charge < -0.3 is 4.90 Å². The van der Waals surface area contributed by atoms with Crippen LogP contribution in [-0.2, 0) is 10.0 Å². The highest BCUT2D eigenvalue weighted by molar-refractivity contribution is 7.89. The van der Waals surface area contributed by atoms with Gasteiger partial charge in [0.2, 0.25) is 10.0 Å². The van der Waals surface area contributed by atoms with Crippen molar-refractivity contribution < 1.29 is 17.6 Å². The Morgan fingerprint density at radius 3 is 2.57 bits per heavy atom. The van der Waals surface area contributed by atoms with Gasteiger partial charge in [0.1, 0.15) is 5.82 Å². The highest BCUT2D eigenvalue weighted by Gasteiger charge is 2.29. The second-order valence-electron chi connectivity index (χ2n) is 5.68. The predicted octanol–water partition coefficient (Wildman–Crippen LogP) is 1.73. The zero-order valence-corrected chi connectivity index (χ0v) is 12.9. The van der Waals surface area contributed by atoms with Gasteiger partial charge in [0, 0.05) is 12.6 Å². The number of sulfonamides is 1. The quantitative estimate of drug-likeness (QED) is 0.902. The van der Waals surface area contributed by atoms with Crippen LogP contribution in [0.2, 0.25) is 0 Å². The average Bonchev–Trinajstić information content (AvgIpc) is 2.39. The Kier molecular flexibility index (Phi) is 4.34. The first-order chi connectivity index (χ1) is 9.70. The molecule has 1 aromatic rings. The van der Waals surface area contributed by atoms with Crippen LogP contribution in [0.3, 0.4) is 0 Å². The minimum atomic E-state index is -3.98. The molecule has 0 bridgehead atoms. The number of hydrogen-bond acceptors (Lipinski definition) is 3. The third-order valence-electron chi connectivity index (χ3n) is 3.88. The van der Waals surface area contributed by atoms with Gasteiger partial charge in [-0.25, -0.2) is 17.9 Å². The van der Waals surface area contributed by atoms with Crippen LogP contribution < -0.4 is 5.14 Å². The van der Waals surface area contributed by atoms with E-state index in [4.69, 9.17) is 5.14 Å². The van der Waals surface area contributed by atoms with Crippen LogP contribution in [0.25, 0.3) is 0 Å². The molecule has 7 heteroatoms. The van der Waals surface area contributed by atoms with Gasteiger partial charge in [-0.1, -0.05) is 6.92 Å². The highest BCUT2D eigenvalue weighted by Crippen LogP contribution is 2.24. The van der Waals surface area contributed by atoms with Crippen molar-refractivity contribution in [2.75, 3.05) is 6.54 Å². The van der Waals surface area contributed by atoms with E-state index < -0.39 is 21.7 Å². The number of benzene rings is 1. The molecule has 0 saturated carbocycles. The first-order valence-corrected chi connectivity index (χ1v) is 8.38. The number of likely N-dealkylation sites (tertiary alicyclic amines) is 1. The maximum Gasteiger partial charge on any atom is 0.257 e. The van der Waals surface area contributed by atoms with Crippen LogP contribution in [0.15, 0.2) is 23.1 Å². The van der Waals surface area contributed by atoms with E-state index in [-0.39, 0.29) is 16.5 Å². The molecule has 0 spiro atoms. The van der Waals surface area contributed by atoms with E-state index in [2.05, 4.69) is 0 Å². The second kappa shape index (κ2) is 5.73. The number of carbonyl (C=O) groups excluding carboxylic acids is 1. The number of primary sulfonamides is 1. The van der Waals surface area contributed by atoms with Crippen molar-refractivity contribution in [3.8, 4) is 0 Å². The lowest BCUT2D eigenvalue weighted by Crippen LogP contribution is -2.45. The molecule has 2 atom stereocenters. The summed E-state index contributed by atoms with van der Waals surface area (Å²) in [6.45, 7) is 4.56. The van der Waals surface area contributed by atoms with Crippen LogP contribution in [0, 0.1) is 11.7 Å². The van der Waals surface area contributed by atoms with E-state index in [0.717, 1.165) is 25.0 Å². The van der Waals surface area contributed by atoms with E-state index in [9.17, 15) is 17.6 Å². The van der Waals surface area contributed by atoms with Crippen LogP contribution in [0.5, 0.6) is 0 Å². The Hall–Kier alpha value is -1.47. The molecule has 1 saturated heterocycles. The van der Waals surface area contributed by atoms with Gasteiger partial charge in [0.05, 0.1) is 10.5 Å². The van der Waals surface area contributed by atoms with Crippen LogP contribution in [-0.4, -0.2) is 31.8 Å². The van der Waals surface area contributed by atoms with Gasteiger partial charge in [-0.15, -0.1) is 0 Å². The first-order valence-electron chi connectivity index (χ1n) is 6.83. The maximum atomic E-state index is 14.0. The minimum Gasteiger partial charge on any atom is -0.336 e. The maximum absolute atomic E-state index is 14.0. The Morgan fingerprint density at radius 2 is 2.00 bits per heavy atom. The van der Waals surface area contributed by atoms with Crippen molar-refractivity contribution in [3.05, 3.63) is 29.6 Å². The fourth-order valence-corrected chi connectivity index (χ4v) is 3.10. The normalized spacial score (nSPS) is 23.1. The van der Waals surface area contributed by atoms with E-state index in [0.29, 0.717) is 12.5 Å². The van der Waals surface area contributed by atoms with E-state index in [1.54, 1.807) is 4.90 Å². The van der Waals surface area contributed by atoms with Gasteiger partial charge in [0.15, 0.2) is 0 Å². The summed E-state index contributed by atoms with van der Waals surface area (Å²) in [5.41, 5.74) is -0.122. The summed E-state index contributed by atoms with van der Waals surface area (Å²) in [4.78, 5) is 13.7. The number of piperidine rings is 1. The fourth-order valence-electron chi connectivity index (χ4n) is 2.57. The topological polar surface area (TPSA) is 80.5 Å². The minimum absolute atomic E-state index is 0.0472. The number of carbonyl (C=O) groups is 1. The SMILES string of the molecule is CC1CCC(C)N(C(=O)c2ccc(S(N)(=O)=O)cc2F)C1. The smallest absolute Gasteiger partial charge is 0.257 e. The Balaban J connectivity index is 2.31. The van der Waals surface area contributed by atoms with Gasteiger partial charge in [0.25, 0.3) is 5.91 Å². The van der Waals surface area contributed by atoms with Gasteiger partial charge in [-0.3, -0.25) is 4.79 Å². The largest absolute Gasteiger partial charge is 0.336 e. The predicted molar refractivity (Wildman–Crippen MR) is 76.7 cm³/mol. The van der Waals surface area contributed by atoms with Gasteiger partial charge >= 0.3 is 0 Å². The zero-order chi connectivity index (χ0) is 15.8. The molecule has 2 unspecified atom stereocenters. The molecule has 2 rings (SSSR count). The average molecular weight is 314 g/mol. The number of rotatable bonds is 2. The van der Waals surface area contributed by atoms with Gasteiger partial charge in [-0.05, 0) is 43.9 Å². The summed E-state index contributed by atoms with van der Waals surface area (Å²) in [5, 5.41) is 4.95. The lowest BCUT2D eigenvalue weighted by atomic mass is 9.94. The lowest BCUT2D eigenvalue weighted by Gasteiger charge is -2.37. The highest BCUT2D eigenvalue weighted by atomic mass is 32.2. The number of amides is 1. The fraction of sp³-hybridized carbons (Fsp3) is 0.500. The van der Waals surface area contributed by atoms with E-state index in [1.807, 2.05) is 13.8 Å². The molecule has 21 heavy (non-hydrogen) atoms. The van der Waals surface area contributed by atoms with Crippen molar-refractivity contribution >= 4 is 15.9 Å². The molecule has 1 aliphatic heterocycles. The number of hydrogen-bond donors (Lipinski definition) is 1. The molecule has 0 aliphatic carbocycles. The summed E-state index contributed by atoms with van der Waals surface area (Å²) >= 11 is 0. The molecule has 1 fully saturated rings. The van der Waals surface area contributed by atoms with E-state index >= 15 is 0 Å². The molecule has 5 nitrogen and oxygen atoms in total. The molecular weight excluding hydrogens is 295 g/mol. The zero-order valence-electron chi connectivity index (χ0n) is 12.0. The van der Waals surface area contributed by atoms with Crippen molar-refractivity contribution in [1.82, 2.24) is 4.90 Å². The monoisotopic (exact) mass is 314 g/mol. The number of halogens is 1. The molecule has 1 aliphatic rings. The van der Waals surface area contributed by atoms with Crippen LogP contribution in [0.1, 0.15) is 37.0 Å². The molecule has 116 valence electrons. The standard InChI is InChI=1S/C14H19FN2O3S/c1-9-3-4-10(2)17(8-9)14(18)12-6-5-11(7-13(12)15)21(16,19)20/h5-7,9-10H,3-4,8H2,1-2H3,(H2,16,19,20). The Morgan fingerprint density at radius 1 is 1.33 bits per heavy atom. The van der Waals surface area contributed by atoms with E-state index in [1.165, 1.54) is 6.07 Å².